The minimum absolute atomic E-state index is 0.0113. The third-order valence-corrected chi connectivity index (χ3v) is 5.36. The number of fused-ring (bicyclic) bond motifs is 1. The van der Waals surface area contributed by atoms with E-state index in [0.29, 0.717) is 0 Å². The molecule has 160 valence electrons. The van der Waals surface area contributed by atoms with E-state index < -0.39 is 12.0 Å². The summed E-state index contributed by atoms with van der Waals surface area (Å²) in [7, 11) is 1.30. The summed E-state index contributed by atoms with van der Waals surface area (Å²) in [5.74, 6) is -1.08. The van der Waals surface area contributed by atoms with Gasteiger partial charge in [-0.3, -0.25) is 14.4 Å². The van der Waals surface area contributed by atoms with Crippen molar-refractivity contribution in [3.8, 4) is 0 Å². The van der Waals surface area contributed by atoms with E-state index >= 15 is 0 Å². The van der Waals surface area contributed by atoms with Gasteiger partial charge in [0.05, 0.1) is 32.5 Å². The van der Waals surface area contributed by atoms with E-state index in [-0.39, 0.29) is 31.2 Å². The number of benzene rings is 3. The van der Waals surface area contributed by atoms with Gasteiger partial charge in [0.1, 0.15) is 0 Å². The molecule has 3 rings (SSSR count). The van der Waals surface area contributed by atoms with Crippen molar-refractivity contribution in [2.45, 2.75) is 18.9 Å². The SMILES string of the molecule is COC(=O)CC(NC(=O)CNC(=O)Cc1cccc2ccccc12)c1cccc(Br)c1. The zero-order valence-corrected chi connectivity index (χ0v) is 18.6. The smallest absolute Gasteiger partial charge is 0.307 e. The van der Waals surface area contributed by atoms with E-state index in [1.165, 1.54) is 7.11 Å². The minimum Gasteiger partial charge on any atom is -0.469 e. The summed E-state index contributed by atoms with van der Waals surface area (Å²) in [5, 5.41) is 7.53. The molecule has 7 heteroatoms. The van der Waals surface area contributed by atoms with E-state index in [9.17, 15) is 14.4 Å². The zero-order valence-electron chi connectivity index (χ0n) is 17.1. The number of amides is 2. The normalized spacial score (nSPS) is 11.5. The molecule has 3 aromatic rings. The lowest BCUT2D eigenvalue weighted by molar-refractivity contribution is -0.141. The zero-order chi connectivity index (χ0) is 22.2. The highest BCUT2D eigenvalue weighted by Crippen LogP contribution is 2.21. The van der Waals surface area contributed by atoms with Gasteiger partial charge >= 0.3 is 5.97 Å². The van der Waals surface area contributed by atoms with Gasteiger partial charge in [-0.05, 0) is 34.0 Å². The van der Waals surface area contributed by atoms with Crippen LogP contribution < -0.4 is 10.6 Å². The van der Waals surface area contributed by atoms with Gasteiger partial charge < -0.3 is 15.4 Å². The fourth-order valence-electron chi connectivity index (χ4n) is 3.33. The second-order valence-electron chi connectivity index (χ2n) is 7.05. The molecule has 0 saturated carbocycles. The van der Waals surface area contributed by atoms with Crippen LogP contribution in [0.5, 0.6) is 0 Å². The molecule has 31 heavy (non-hydrogen) atoms. The van der Waals surface area contributed by atoms with Crippen LogP contribution in [0.1, 0.15) is 23.6 Å². The molecule has 0 aromatic heterocycles. The average molecular weight is 483 g/mol. The first-order chi connectivity index (χ1) is 15.0. The molecule has 0 spiro atoms. The number of rotatable bonds is 8. The first-order valence-corrected chi connectivity index (χ1v) is 10.6. The Morgan fingerprint density at radius 3 is 2.48 bits per heavy atom. The number of halogens is 1. The van der Waals surface area contributed by atoms with Gasteiger partial charge in [-0.1, -0.05) is 70.5 Å². The van der Waals surface area contributed by atoms with Gasteiger partial charge in [0.25, 0.3) is 0 Å². The first kappa shape index (κ1) is 22.5. The third-order valence-electron chi connectivity index (χ3n) is 4.86. The van der Waals surface area contributed by atoms with Crippen LogP contribution >= 0.6 is 15.9 Å². The second-order valence-corrected chi connectivity index (χ2v) is 7.96. The molecule has 0 aliphatic heterocycles. The summed E-state index contributed by atoms with van der Waals surface area (Å²) >= 11 is 3.39. The number of carbonyl (C=O) groups is 3. The molecule has 0 radical (unpaired) electrons. The molecule has 0 fully saturated rings. The van der Waals surface area contributed by atoms with Crippen molar-refractivity contribution >= 4 is 44.5 Å². The van der Waals surface area contributed by atoms with Crippen molar-refractivity contribution < 1.29 is 19.1 Å². The quantitative estimate of drug-likeness (QED) is 0.479. The van der Waals surface area contributed by atoms with Crippen LogP contribution in [0.25, 0.3) is 10.8 Å². The molecule has 3 aromatic carbocycles. The maximum Gasteiger partial charge on any atom is 0.307 e. The van der Waals surface area contributed by atoms with Gasteiger partial charge in [-0.15, -0.1) is 0 Å². The molecule has 1 unspecified atom stereocenters. The van der Waals surface area contributed by atoms with Gasteiger partial charge in [0.2, 0.25) is 11.8 Å². The molecule has 0 heterocycles. The summed E-state index contributed by atoms with van der Waals surface area (Å²) in [6, 6.07) is 20.4. The Morgan fingerprint density at radius 1 is 0.968 bits per heavy atom. The van der Waals surface area contributed by atoms with Crippen molar-refractivity contribution in [2.24, 2.45) is 0 Å². The summed E-state index contributed by atoms with van der Waals surface area (Å²) in [5.41, 5.74) is 1.66. The average Bonchev–Trinajstić information content (AvgIpc) is 2.77. The van der Waals surface area contributed by atoms with Crippen LogP contribution in [0, 0.1) is 0 Å². The van der Waals surface area contributed by atoms with E-state index in [0.717, 1.165) is 26.4 Å². The Bertz CT molecular complexity index is 1090. The van der Waals surface area contributed by atoms with E-state index in [2.05, 4.69) is 26.6 Å². The van der Waals surface area contributed by atoms with Crippen molar-refractivity contribution in [2.75, 3.05) is 13.7 Å². The van der Waals surface area contributed by atoms with Crippen LogP contribution in [-0.4, -0.2) is 31.4 Å². The number of esters is 1. The molecule has 0 aliphatic carbocycles. The predicted octanol–water partition coefficient (Wildman–Crippen LogP) is 3.68. The highest BCUT2D eigenvalue weighted by Gasteiger charge is 2.19. The van der Waals surface area contributed by atoms with Crippen LogP contribution in [0.2, 0.25) is 0 Å². The lowest BCUT2D eigenvalue weighted by atomic mass is 10.0. The lowest BCUT2D eigenvalue weighted by Crippen LogP contribution is -2.39. The Kier molecular flexibility index (Phi) is 7.78. The maximum atomic E-state index is 12.5. The molecular formula is C24H23BrN2O4. The molecule has 2 amide bonds. The molecular weight excluding hydrogens is 460 g/mol. The van der Waals surface area contributed by atoms with Gasteiger partial charge in [-0.2, -0.15) is 0 Å². The fraction of sp³-hybridized carbons (Fsp3) is 0.208. The summed E-state index contributed by atoms with van der Waals surface area (Å²) in [6.07, 6.45) is 0.161. The lowest BCUT2D eigenvalue weighted by Gasteiger charge is -2.19. The number of ether oxygens (including phenoxy) is 1. The molecule has 1 atom stereocenters. The number of carbonyl (C=O) groups excluding carboxylic acids is 3. The summed E-state index contributed by atoms with van der Waals surface area (Å²) in [6.45, 7) is -0.185. The van der Waals surface area contributed by atoms with E-state index in [1.54, 1.807) is 0 Å². The Labute approximate surface area is 189 Å². The summed E-state index contributed by atoms with van der Waals surface area (Å²) < 4.78 is 5.57. The van der Waals surface area contributed by atoms with Crippen LogP contribution in [0.15, 0.2) is 71.2 Å². The summed E-state index contributed by atoms with van der Waals surface area (Å²) in [4.78, 5) is 36.7. The van der Waals surface area contributed by atoms with Gasteiger partial charge in [0.15, 0.2) is 0 Å². The number of methoxy groups -OCH3 is 1. The van der Waals surface area contributed by atoms with Crippen molar-refractivity contribution in [1.29, 1.82) is 0 Å². The third kappa shape index (κ3) is 6.39. The Hall–Kier alpha value is -3.19. The largest absolute Gasteiger partial charge is 0.469 e. The molecule has 0 aliphatic rings. The molecule has 6 nitrogen and oxygen atoms in total. The minimum atomic E-state index is -0.563. The molecule has 2 N–H and O–H groups in total. The highest BCUT2D eigenvalue weighted by molar-refractivity contribution is 9.10. The highest BCUT2D eigenvalue weighted by atomic mass is 79.9. The van der Waals surface area contributed by atoms with E-state index in [1.807, 2.05) is 66.7 Å². The molecule has 0 saturated heterocycles. The Balaban J connectivity index is 1.60. The number of hydrogen-bond donors (Lipinski definition) is 2. The number of hydrogen-bond acceptors (Lipinski definition) is 4. The van der Waals surface area contributed by atoms with E-state index in [4.69, 9.17) is 4.74 Å². The fourth-order valence-corrected chi connectivity index (χ4v) is 3.75. The maximum absolute atomic E-state index is 12.5. The van der Waals surface area contributed by atoms with Crippen LogP contribution in [0.4, 0.5) is 0 Å². The first-order valence-electron chi connectivity index (χ1n) is 9.81. The monoisotopic (exact) mass is 482 g/mol. The van der Waals surface area contributed by atoms with Crippen LogP contribution in [0.3, 0.4) is 0 Å². The van der Waals surface area contributed by atoms with Crippen molar-refractivity contribution in [3.05, 3.63) is 82.3 Å². The van der Waals surface area contributed by atoms with Crippen molar-refractivity contribution in [3.63, 3.8) is 0 Å². The van der Waals surface area contributed by atoms with Gasteiger partial charge in [0, 0.05) is 4.47 Å². The predicted molar refractivity (Wildman–Crippen MR) is 122 cm³/mol. The molecule has 0 bridgehead atoms. The van der Waals surface area contributed by atoms with Crippen LogP contribution in [-0.2, 0) is 25.5 Å². The Morgan fingerprint density at radius 2 is 1.71 bits per heavy atom. The second kappa shape index (κ2) is 10.7. The van der Waals surface area contributed by atoms with Gasteiger partial charge in [-0.25, -0.2) is 0 Å². The standard InChI is InChI=1S/C24H23BrN2O4/c1-31-24(30)14-21(18-9-5-10-19(25)12-18)27-23(29)15-26-22(28)13-17-8-4-7-16-6-2-3-11-20(16)17/h2-12,21H,13-15H2,1H3,(H,26,28)(H,27,29). The topological polar surface area (TPSA) is 84.5 Å². The van der Waals surface area contributed by atoms with Crippen molar-refractivity contribution in [1.82, 2.24) is 10.6 Å². The number of nitrogens with one attached hydrogen (secondary N) is 2.